The zero-order valence-electron chi connectivity index (χ0n) is 10.3. The van der Waals surface area contributed by atoms with Crippen LogP contribution < -0.4 is 4.72 Å². The van der Waals surface area contributed by atoms with Crippen molar-refractivity contribution in [1.29, 1.82) is 5.26 Å². The fourth-order valence-electron chi connectivity index (χ4n) is 1.57. The molecular formula is C13H7ClF2N2O2S. The van der Waals surface area contributed by atoms with Crippen molar-refractivity contribution in [2.45, 2.75) is 4.90 Å². The molecule has 108 valence electrons. The summed E-state index contributed by atoms with van der Waals surface area (Å²) in [4.78, 5) is -0.720. The van der Waals surface area contributed by atoms with Gasteiger partial charge in [-0.05, 0) is 30.3 Å². The second-order valence-corrected chi connectivity index (χ2v) is 6.04. The van der Waals surface area contributed by atoms with Gasteiger partial charge in [-0.2, -0.15) is 5.26 Å². The number of nitriles is 1. The maximum atomic E-state index is 13.6. The summed E-state index contributed by atoms with van der Waals surface area (Å²) in [6, 6.07) is 7.85. The second-order valence-electron chi connectivity index (χ2n) is 3.99. The lowest BCUT2D eigenvalue weighted by atomic mass is 10.2. The highest BCUT2D eigenvalue weighted by atomic mass is 35.5. The van der Waals surface area contributed by atoms with E-state index in [0.717, 1.165) is 12.1 Å². The van der Waals surface area contributed by atoms with E-state index in [0.29, 0.717) is 6.07 Å². The monoisotopic (exact) mass is 328 g/mol. The van der Waals surface area contributed by atoms with Crippen LogP contribution in [0, 0.1) is 23.0 Å². The third kappa shape index (κ3) is 3.29. The molecule has 0 amide bonds. The van der Waals surface area contributed by atoms with Crippen LogP contribution in [0.3, 0.4) is 0 Å². The summed E-state index contributed by atoms with van der Waals surface area (Å²) < 4.78 is 52.6. The van der Waals surface area contributed by atoms with Crippen LogP contribution >= 0.6 is 11.6 Å². The zero-order chi connectivity index (χ0) is 15.6. The predicted molar refractivity (Wildman–Crippen MR) is 73.3 cm³/mol. The maximum Gasteiger partial charge on any atom is 0.264 e. The molecule has 0 unspecified atom stereocenters. The van der Waals surface area contributed by atoms with Crippen molar-refractivity contribution < 1.29 is 17.2 Å². The van der Waals surface area contributed by atoms with Crippen molar-refractivity contribution in [3.05, 3.63) is 58.6 Å². The molecule has 0 aromatic heterocycles. The second kappa shape index (κ2) is 5.68. The molecule has 1 N–H and O–H groups in total. The Balaban J connectivity index is 2.45. The number of nitrogens with zero attached hydrogens (tertiary/aromatic N) is 1. The van der Waals surface area contributed by atoms with Gasteiger partial charge in [-0.25, -0.2) is 17.2 Å². The predicted octanol–water partition coefficient (Wildman–Crippen LogP) is 3.29. The third-order valence-electron chi connectivity index (χ3n) is 2.52. The fourth-order valence-corrected chi connectivity index (χ4v) is 2.92. The van der Waals surface area contributed by atoms with Gasteiger partial charge in [0.05, 0.1) is 22.3 Å². The highest BCUT2D eigenvalue weighted by Gasteiger charge is 2.20. The van der Waals surface area contributed by atoms with Gasteiger partial charge in [0, 0.05) is 6.07 Å². The molecule has 2 rings (SSSR count). The zero-order valence-corrected chi connectivity index (χ0v) is 11.8. The summed E-state index contributed by atoms with van der Waals surface area (Å²) in [6.45, 7) is 0. The van der Waals surface area contributed by atoms with E-state index in [2.05, 4.69) is 4.72 Å². The highest BCUT2D eigenvalue weighted by Crippen LogP contribution is 2.26. The van der Waals surface area contributed by atoms with Gasteiger partial charge in [0.1, 0.15) is 16.5 Å². The van der Waals surface area contributed by atoms with Crippen molar-refractivity contribution >= 4 is 27.3 Å². The van der Waals surface area contributed by atoms with E-state index in [1.54, 1.807) is 0 Å². The van der Waals surface area contributed by atoms with Crippen LogP contribution in [-0.2, 0) is 10.0 Å². The van der Waals surface area contributed by atoms with Gasteiger partial charge in [0.25, 0.3) is 10.0 Å². The first-order chi connectivity index (χ1) is 9.83. The van der Waals surface area contributed by atoms with Crippen LogP contribution in [-0.4, -0.2) is 8.42 Å². The Morgan fingerprint density at radius 1 is 1.14 bits per heavy atom. The molecular weight excluding hydrogens is 322 g/mol. The van der Waals surface area contributed by atoms with Gasteiger partial charge in [0.15, 0.2) is 0 Å². The van der Waals surface area contributed by atoms with E-state index in [-0.39, 0.29) is 16.3 Å². The Bertz CT molecular complexity index is 848. The van der Waals surface area contributed by atoms with Crippen molar-refractivity contribution in [2.75, 3.05) is 4.72 Å². The summed E-state index contributed by atoms with van der Waals surface area (Å²) in [5, 5.41) is 8.81. The van der Waals surface area contributed by atoms with Crippen molar-refractivity contribution in [3.8, 4) is 6.07 Å². The number of hydrogen-bond donors (Lipinski definition) is 1. The van der Waals surface area contributed by atoms with Gasteiger partial charge < -0.3 is 0 Å². The normalized spacial score (nSPS) is 11.0. The smallest absolute Gasteiger partial charge is 0.264 e. The molecule has 0 fully saturated rings. The quantitative estimate of drug-likeness (QED) is 0.939. The first-order valence-electron chi connectivity index (χ1n) is 5.51. The Morgan fingerprint density at radius 3 is 2.48 bits per heavy atom. The SMILES string of the molecule is N#Cc1ccc(Cl)c(NS(=O)(=O)c2ccc(F)cc2F)c1. The minimum absolute atomic E-state index is 0.0418. The average molecular weight is 329 g/mol. The Labute approximate surface area is 124 Å². The topological polar surface area (TPSA) is 70.0 Å². The molecule has 0 saturated carbocycles. The lowest BCUT2D eigenvalue weighted by Gasteiger charge is -2.10. The van der Waals surface area contributed by atoms with E-state index in [4.69, 9.17) is 16.9 Å². The number of nitrogens with one attached hydrogen (secondary N) is 1. The molecule has 0 aliphatic heterocycles. The summed E-state index contributed by atoms with van der Waals surface area (Å²) in [5.74, 6) is -2.12. The molecule has 2 aromatic carbocycles. The fraction of sp³-hybridized carbons (Fsp3) is 0. The summed E-state index contributed by atoms with van der Waals surface area (Å²) in [7, 11) is -4.29. The van der Waals surface area contributed by atoms with Gasteiger partial charge in [-0.1, -0.05) is 11.6 Å². The van der Waals surface area contributed by atoms with Gasteiger partial charge >= 0.3 is 0 Å². The molecule has 2 aromatic rings. The van der Waals surface area contributed by atoms with E-state index in [1.807, 2.05) is 6.07 Å². The minimum Gasteiger partial charge on any atom is -0.278 e. The molecule has 8 heteroatoms. The molecule has 0 heterocycles. The average Bonchev–Trinajstić information content (AvgIpc) is 2.40. The number of benzene rings is 2. The van der Waals surface area contributed by atoms with Gasteiger partial charge in [0.2, 0.25) is 0 Å². The molecule has 0 spiro atoms. The highest BCUT2D eigenvalue weighted by molar-refractivity contribution is 7.92. The first-order valence-corrected chi connectivity index (χ1v) is 7.37. The third-order valence-corrected chi connectivity index (χ3v) is 4.25. The van der Waals surface area contributed by atoms with E-state index in [9.17, 15) is 17.2 Å². The van der Waals surface area contributed by atoms with Crippen LogP contribution in [0.25, 0.3) is 0 Å². The molecule has 4 nitrogen and oxygen atoms in total. The number of sulfonamides is 1. The lowest BCUT2D eigenvalue weighted by molar-refractivity contribution is 0.551. The van der Waals surface area contributed by atoms with E-state index >= 15 is 0 Å². The lowest BCUT2D eigenvalue weighted by Crippen LogP contribution is -2.15. The molecule has 0 aliphatic rings. The Hall–Kier alpha value is -2.17. The summed E-state index contributed by atoms with van der Waals surface area (Å²) >= 11 is 5.82. The van der Waals surface area contributed by atoms with Crippen LogP contribution in [0.5, 0.6) is 0 Å². The van der Waals surface area contributed by atoms with Crippen molar-refractivity contribution in [3.63, 3.8) is 0 Å². The molecule has 21 heavy (non-hydrogen) atoms. The first kappa shape index (κ1) is 15.2. The van der Waals surface area contributed by atoms with Crippen molar-refractivity contribution in [1.82, 2.24) is 0 Å². The Morgan fingerprint density at radius 2 is 1.86 bits per heavy atom. The number of hydrogen-bond acceptors (Lipinski definition) is 3. The number of rotatable bonds is 3. The minimum atomic E-state index is -4.29. The molecule has 0 bridgehead atoms. The Kier molecular flexibility index (Phi) is 4.11. The molecule has 0 radical (unpaired) electrons. The standard InChI is InChI=1S/C13H7ClF2N2O2S/c14-10-3-1-8(7-17)5-12(10)18-21(19,20)13-4-2-9(15)6-11(13)16/h1-6,18H. The van der Waals surface area contributed by atoms with E-state index in [1.165, 1.54) is 18.2 Å². The molecule has 0 atom stereocenters. The largest absolute Gasteiger partial charge is 0.278 e. The van der Waals surface area contributed by atoms with Crippen LogP contribution in [0.1, 0.15) is 5.56 Å². The van der Waals surface area contributed by atoms with E-state index < -0.39 is 26.6 Å². The number of halogens is 3. The van der Waals surface area contributed by atoms with Crippen molar-refractivity contribution in [2.24, 2.45) is 0 Å². The van der Waals surface area contributed by atoms with Crippen LogP contribution in [0.4, 0.5) is 14.5 Å². The van der Waals surface area contributed by atoms with Crippen LogP contribution in [0.15, 0.2) is 41.3 Å². The molecule has 0 aliphatic carbocycles. The summed E-state index contributed by atoms with van der Waals surface area (Å²) in [5.41, 5.74) is 0.108. The van der Waals surface area contributed by atoms with Gasteiger partial charge in [-0.15, -0.1) is 0 Å². The molecule has 0 saturated heterocycles. The maximum absolute atomic E-state index is 13.6. The van der Waals surface area contributed by atoms with Crippen LogP contribution in [0.2, 0.25) is 5.02 Å². The summed E-state index contributed by atoms with van der Waals surface area (Å²) in [6.07, 6.45) is 0. The van der Waals surface area contributed by atoms with Gasteiger partial charge in [-0.3, -0.25) is 4.72 Å². The number of anilines is 1.